The normalized spacial score (nSPS) is 13.5. The number of amides is 1. The second-order valence-electron chi connectivity index (χ2n) is 5.83. The Morgan fingerprint density at radius 3 is 2.41 bits per heavy atom. The molecule has 0 spiro atoms. The number of hydrogen-bond donors (Lipinski definition) is 2. The summed E-state index contributed by atoms with van der Waals surface area (Å²) >= 11 is 0. The van der Waals surface area contributed by atoms with Gasteiger partial charge >= 0.3 is 5.97 Å². The van der Waals surface area contributed by atoms with Gasteiger partial charge in [-0.3, -0.25) is 9.59 Å². The fraction of sp³-hybridized carbons (Fsp3) is 0.529. The topological polar surface area (TPSA) is 75.6 Å². The van der Waals surface area contributed by atoms with Crippen LogP contribution in [0.15, 0.2) is 24.3 Å². The van der Waals surface area contributed by atoms with Crippen LogP contribution in [0.25, 0.3) is 0 Å². The van der Waals surface area contributed by atoms with E-state index in [2.05, 4.69) is 5.32 Å². The molecule has 2 atom stereocenters. The predicted molar refractivity (Wildman–Crippen MR) is 84.8 cm³/mol. The molecule has 122 valence electrons. The van der Waals surface area contributed by atoms with Gasteiger partial charge < -0.3 is 15.2 Å². The van der Waals surface area contributed by atoms with Crippen molar-refractivity contribution in [2.24, 2.45) is 17.8 Å². The lowest BCUT2D eigenvalue weighted by Crippen LogP contribution is -2.38. The molecular weight excluding hydrogens is 282 g/mol. The zero-order chi connectivity index (χ0) is 16.7. The third-order valence-electron chi connectivity index (χ3n) is 3.94. The molecule has 1 amide bonds. The summed E-state index contributed by atoms with van der Waals surface area (Å²) in [6, 6.07) is 7.32. The predicted octanol–water partition coefficient (Wildman–Crippen LogP) is 2.35. The maximum absolute atomic E-state index is 12.0. The van der Waals surface area contributed by atoms with Crippen molar-refractivity contribution in [3.63, 3.8) is 0 Å². The number of nitrogens with one attached hydrogen (secondary N) is 1. The first-order valence-corrected chi connectivity index (χ1v) is 7.49. The highest BCUT2D eigenvalue weighted by molar-refractivity contribution is 5.79. The van der Waals surface area contributed by atoms with E-state index in [0.29, 0.717) is 12.2 Å². The van der Waals surface area contributed by atoms with Crippen LogP contribution in [0.3, 0.4) is 0 Å². The molecule has 0 radical (unpaired) electrons. The van der Waals surface area contributed by atoms with Crippen molar-refractivity contribution in [2.45, 2.75) is 27.2 Å². The molecule has 0 aliphatic carbocycles. The first-order chi connectivity index (χ1) is 10.4. The van der Waals surface area contributed by atoms with E-state index >= 15 is 0 Å². The van der Waals surface area contributed by atoms with Gasteiger partial charge in [-0.05, 0) is 24.0 Å². The number of rotatable bonds is 8. The van der Waals surface area contributed by atoms with Gasteiger partial charge in [0.25, 0.3) is 0 Å². The summed E-state index contributed by atoms with van der Waals surface area (Å²) < 4.78 is 5.24. The minimum Gasteiger partial charge on any atom is -0.496 e. The molecule has 0 aliphatic rings. The quantitative estimate of drug-likeness (QED) is 0.773. The summed E-state index contributed by atoms with van der Waals surface area (Å²) in [6.45, 7) is 5.89. The van der Waals surface area contributed by atoms with Crippen LogP contribution in [0.4, 0.5) is 0 Å². The highest BCUT2D eigenvalue weighted by Gasteiger charge is 2.23. The van der Waals surface area contributed by atoms with Gasteiger partial charge in [0.1, 0.15) is 5.75 Å². The summed E-state index contributed by atoms with van der Waals surface area (Å²) in [7, 11) is 1.56. The smallest absolute Gasteiger partial charge is 0.308 e. The molecule has 2 unspecified atom stereocenters. The largest absolute Gasteiger partial charge is 0.496 e. The van der Waals surface area contributed by atoms with Crippen LogP contribution < -0.4 is 10.1 Å². The van der Waals surface area contributed by atoms with Gasteiger partial charge in [-0.1, -0.05) is 39.0 Å². The molecule has 5 nitrogen and oxygen atoms in total. The number of carboxylic acids is 1. The first-order valence-electron chi connectivity index (χ1n) is 7.49. The zero-order valence-corrected chi connectivity index (χ0v) is 13.6. The van der Waals surface area contributed by atoms with E-state index < -0.39 is 11.9 Å². The number of aliphatic carboxylic acids is 1. The van der Waals surface area contributed by atoms with E-state index in [9.17, 15) is 14.7 Å². The van der Waals surface area contributed by atoms with E-state index in [4.69, 9.17) is 4.74 Å². The number of carbonyl (C=O) groups is 2. The number of carboxylic acid groups (broad SMARTS) is 1. The second-order valence-corrected chi connectivity index (χ2v) is 5.83. The van der Waals surface area contributed by atoms with Crippen LogP contribution in [-0.2, 0) is 16.0 Å². The molecule has 0 aromatic heterocycles. The van der Waals surface area contributed by atoms with Crippen molar-refractivity contribution < 1.29 is 19.4 Å². The molecule has 0 bridgehead atoms. The molecule has 1 rings (SSSR count). The number of para-hydroxylation sites is 1. The molecule has 22 heavy (non-hydrogen) atoms. The Kier molecular flexibility index (Phi) is 6.89. The van der Waals surface area contributed by atoms with E-state index in [-0.39, 0.29) is 24.3 Å². The molecule has 0 saturated carbocycles. The number of carbonyl (C=O) groups excluding carboxylic acids is 1. The minimum absolute atomic E-state index is 0.110. The number of benzene rings is 1. The lowest BCUT2D eigenvalue weighted by molar-refractivity contribution is -0.141. The summed E-state index contributed by atoms with van der Waals surface area (Å²) in [5.41, 5.74) is 0.823. The standard InChI is InChI=1S/C17H25NO4/c1-11(2)12(3)16(19)18-10-14(17(20)21)9-13-7-5-6-8-15(13)22-4/h5-8,11-12,14H,9-10H2,1-4H3,(H,18,19)(H,20,21). The van der Waals surface area contributed by atoms with Crippen molar-refractivity contribution in [3.8, 4) is 5.75 Å². The third kappa shape index (κ3) is 5.06. The maximum Gasteiger partial charge on any atom is 0.308 e. The number of methoxy groups -OCH3 is 1. The van der Waals surface area contributed by atoms with Crippen molar-refractivity contribution in [3.05, 3.63) is 29.8 Å². The summed E-state index contributed by atoms with van der Waals surface area (Å²) in [4.78, 5) is 23.4. The van der Waals surface area contributed by atoms with Crippen LogP contribution in [0.1, 0.15) is 26.3 Å². The fourth-order valence-corrected chi connectivity index (χ4v) is 2.07. The van der Waals surface area contributed by atoms with Gasteiger partial charge in [-0.15, -0.1) is 0 Å². The Balaban J connectivity index is 2.71. The molecule has 0 aliphatic heterocycles. The van der Waals surface area contributed by atoms with Crippen LogP contribution in [0.2, 0.25) is 0 Å². The van der Waals surface area contributed by atoms with E-state index in [1.54, 1.807) is 13.2 Å². The Morgan fingerprint density at radius 2 is 1.86 bits per heavy atom. The minimum atomic E-state index is -0.927. The van der Waals surface area contributed by atoms with Crippen molar-refractivity contribution in [2.75, 3.05) is 13.7 Å². The lowest BCUT2D eigenvalue weighted by Gasteiger charge is -2.19. The van der Waals surface area contributed by atoms with Crippen molar-refractivity contribution in [1.82, 2.24) is 5.32 Å². The highest BCUT2D eigenvalue weighted by Crippen LogP contribution is 2.21. The molecule has 0 saturated heterocycles. The van der Waals surface area contributed by atoms with Crippen molar-refractivity contribution >= 4 is 11.9 Å². The Morgan fingerprint density at radius 1 is 1.23 bits per heavy atom. The molecule has 1 aromatic carbocycles. The molecule has 0 fully saturated rings. The van der Waals surface area contributed by atoms with Gasteiger partial charge in [0.2, 0.25) is 5.91 Å². The Bertz CT molecular complexity index is 513. The SMILES string of the molecule is COc1ccccc1CC(CNC(=O)C(C)C(C)C)C(=O)O. The molecule has 0 heterocycles. The van der Waals surface area contributed by atoms with E-state index in [0.717, 1.165) is 5.56 Å². The van der Waals surface area contributed by atoms with Crippen LogP contribution in [0, 0.1) is 17.8 Å². The number of hydrogen-bond acceptors (Lipinski definition) is 3. The average molecular weight is 307 g/mol. The fourth-order valence-electron chi connectivity index (χ4n) is 2.07. The number of ether oxygens (including phenoxy) is 1. The van der Waals surface area contributed by atoms with Crippen LogP contribution in [-0.4, -0.2) is 30.6 Å². The second kappa shape index (κ2) is 8.41. The molecular formula is C17H25NO4. The molecule has 5 heteroatoms. The third-order valence-corrected chi connectivity index (χ3v) is 3.94. The zero-order valence-electron chi connectivity index (χ0n) is 13.6. The van der Waals surface area contributed by atoms with E-state index in [1.807, 2.05) is 39.0 Å². The summed E-state index contributed by atoms with van der Waals surface area (Å²) in [5.74, 6) is -0.974. The van der Waals surface area contributed by atoms with Gasteiger partial charge in [0, 0.05) is 12.5 Å². The Hall–Kier alpha value is -2.04. The van der Waals surface area contributed by atoms with E-state index in [1.165, 1.54) is 0 Å². The molecule has 1 aromatic rings. The summed E-state index contributed by atoms with van der Waals surface area (Å²) in [5, 5.41) is 12.1. The van der Waals surface area contributed by atoms with Crippen LogP contribution in [0.5, 0.6) is 5.75 Å². The Labute approximate surface area is 131 Å². The maximum atomic E-state index is 12.0. The highest BCUT2D eigenvalue weighted by atomic mass is 16.5. The lowest BCUT2D eigenvalue weighted by atomic mass is 9.95. The monoisotopic (exact) mass is 307 g/mol. The van der Waals surface area contributed by atoms with Crippen LogP contribution >= 0.6 is 0 Å². The van der Waals surface area contributed by atoms with Gasteiger partial charge in [-0.2, -0.15) is 0 Å². The van der Waals surface area contributed by atoms with Gasteiger partial charge in [-0.25, -0.2) is 0 Å². The van der Waals surface area contributed by atoms with Gasteiger partial charge in [0.05, 0.1) is 13.0 Å². The average Bonchev–Trinajstić information content (AvgIpc) is 2.50. The molecule has 2 N–H and O–H groups in total. The van der Waals surface area contributed by atoms with Crippen molar-refractivity contribution in [1.29, 1.82) is 0 Å². The summed E-state index contributed by atoms with van der Waals surface area (Å²) in [6.07, 6.45) is 0.315. The van der Waals surface area contributed by atoms with Gasteiger partial charge in [0.15, 0.2) is 0 Å². The first kappa shape index (κ1) is 18.0.